The summed E-state index contributed by atoms with van der Waals surface area (Å²) in [7, 11) is 0. The minimum Gasteiger partial charge on any atom is -0.490 e. The molecular weight excluding hydrogens is 406 g/mol. The third kappa shape index (κ3) is 7.01. The molecule has 1 heterocycles. The molecule has 6 nitrogen and oxygen atoms in total. The fraction of sp³-hybridized carbons (Fsp3) is 0.615. The van der Waals surface area contributed by atoms with Crippen LogP contribution in [-0.4, -0.2) is 30.8 Å². The maximum atomic E-state index is 12.9. The van der Waals surface area contributed by atoms with Crippen LogP contribution >= 0.6 is 0 Å². The summed E-state index contributed by atoms with van der Waals surface area (Å²) in [4.78, 5) is 28.0. The highest BCUT2D eigenvalue weighted by Gasteiger charge is 2.23. The van der Waals surface area contributed by atoms with E-state index in [2.05, 4.69) is 11.9 Å². The minimum atomic E-state index is -0.619. The Balaban J connectivity index is 1.65. The molecule has 1 saturated carbocycles. The number of H-pyrrole nitrogens is 1. The Labute approximate surface area is 190 Å². The molecule has 0 spiro atoms. The van der Waals surface area contributed by atoms with Crippen molar-refractivity contribution in [3.05, 3.63) is 34.1 Å². The quantitative estimate of drug-likeness (QED) is 0.269. The largest absolute Gasteiger partial charge is 0.490 e. The lowest BCUT2D eigenvalue weighted by Crippen LogP contribution is -2.18. The summed E-state index contributed by atoms with van der Waals surface area (Å²) in [5, 5.41) is 0.403. The van der Waals surface area contributed by atoms with E-state index in [-0.39, 0.29) is 17.6 Å². The molecule has 0 aliphatic heterocycles. The maximum absolute atomic E-state index is 12.9. The predicted molar refractivity (Wildman–Crippen MR) is 127 cm³/mol. The smallest absolute Gasteiger partial charge is 0.343 e. The van der Waals surface area contributed by atoms with E-state index in [1.807, 2.05) is 0 Å². The third-order valence-electron chi connectivity index (χ3n) is 5.87. The van der Waals surface area contributed by atoms with Gasteiger partial charge in [0.2, 0.25) is 5.43 Å². The van der Waals surface area contributed by atoms with E-state index < -0.39 is 5.97 Å². The van der Waals surface area contributed by atoms with Gasteiger partial charge in [0.05, 0.1) is 30.7 Å². The summed E-state index contributed by atoms with van der Waals surface area (Å²) in [5.41, 5.74) is 0.260. The number of aromatic nitrogens is 1. The van der Waals surface area contributed by atoms with Crippen molar-refractivity contribution in [2.45, 2.75) is 78.1 Å². The lowest BCUT2D eigenvalue weighted by molar-refractivity contribution is 0.0524. The Morgan fingerprint density at radius 1 is 0.969 bits per heavy atom. The van der Waals surface area contributed by atoms with Gasteiger partial charge in [0.15, 0.2) is 11.5 Å². The summed E-state index contributed by atoms with van der Waals surface area (Å²) in [6, 6.07) is 3.50. The number of pyridine rings is 1. The van der Waals surface area contributed by atoms with Gasteiger partial charge in [-0.15, -0.1) is 0 Å². The number of nitrogens with one attached hydrogen (secondary N) is 1. The van der Waals surface area contributed by atoms with Gasteiger partial charge in [-0.25, -0.2) is 4.79 Å². The number of rotatable bonds is 15. The summed E-state index contributed by atoms with van der Waals surface area (Å²) in [5.74, 6) is 1.16. The normalized spacial score (nSPS) is 13.3. The number of esters is 1. The van der Waals surface area contributed by atoms with Gasteiger partial charge in [0.1, 0.15) is 5.56 Å². The van der Waals surface area contributed by atoms with E-state index in [0.29, 0.717) is 41.5 Å². The zero-order chi connectivity index (χ0) is 22.8. The van der Waals surface area contributed by atoms with Crippen LogP contribution in [0.4, 0.5) is 0 Å². The van der Waals surface area contributed by atoms with Crippen LogP contribution < -0.4 is 14.9 Å². The molecule has 3 rings (SSSR count). The molecule has 0 unspecified atom stereocenters. The first kappa shape index (κ1) is 24.1. The van der Waals surface area contributed by atoms with Crippen molar-refractivity contribution in [3.8, 4) is 11.5 Å². The van der Waals surface area contributed by atoms with E-state index >= 15 is 0 Å². The monoisotopic (exact) mass is 443 g/mol. The van der Waals surface area contributed by atoms with Crippen LogP contribution in [0.1, 0.15) is 88.4 Å². The topological polar surface area (TPSA) is 77.6 Å². The molecule has 0 amide bonds. The number of unbranched alkanes of at least 4 members (excludes halogenated alkanes) is 7. The van der Waals surface area contributed by atoms with Crippen LogP contribution in [0.3, 0.4) is 0 Å². The molecule has 176 valence electrons. The predicted octanol–water partition coefficient (Wildman–Crippen LogP) is 6.01. The van der Waals surface area contributed by atoms with E-state index in [4.69, 9.17) is 14.2 Å². The molecule has 0 bridgehead atoms. The van der Waals surface area contributed by atoms with E-state index in [1.165, 1.54) is 57.6 Å². The number of carbonyl (C=O) groups is 1. The second-order valence-electron chi connectivity index (χ2n) is 8.67. The average molecular weight is 444 g/mol. The highest BCUT2D eigenvalue weighted by atomic mass is 16.5. The van der Waals surface area contributed by atoms with Gasteiger partial charge >= 0.3 is 5.97 Å². The first-order valence-electron chi connectivity index (χ1n) is 12.3. The Kier molecular flexibility index (Phi) is 9.44. The first-order valence-corrected chi connectivity index (χ1v) is 12.3. The average Bonchev–Trinajstić information content (AvgIpc) is 3.61. The van der Waals surface area contributed by atoms with Crippen molar-refractivity contribution in [1.29, 1.82) is 0 Å². The molecule has 1 aromatic heterocycles. The summed E-state index contributed by atoms with van der Waals surface area (Å²) in [6.07, 6.45) is 13.7. The number of hydrogen-bond donors (Lipinski definition) is 1. The van der Waals surface area contributed by atoms with Gasteiger partial charge < -0.3 is 19.2 Å². The number of hydrogen-bond acceptors (Lipinski definition) is 5. The van der Waals surface area contributed by atoms with Crippen molar-refractivity contribution >= 4 is 16.9 Å². The van der Waals surface area contributed by atoms with Crippen LogP contribution in [0.5, 0.6) is 11.5 Å². The van der Waals surface area contributed by atoms with Gasteiger partial charge in [-0.05, 0) is 38.2 Å². The Hall–Kier alpha value is -2.50. The molecule has 6 heteroatoms. The second-order valence-corrected chi connectivity index (χ2v) is 8.67. The third-order valence-corrected chi connectivity index (χ3v) is 5.87. The van der Waals surface area contributed by atoms with Gasteiger partial charge in [0.25, 0.3) is 0 Å². The van der Waals surface area contributed by atoms with E-state index in [1.54, 1.807) is 19.1 Å². The number of aromatic amines is 1. The molecule has 0 radical (unpaired) electrons. The zero-order valence-corrected chi connectivity index (χ0v) is 19.5. The molecular formula is C26H37NO5. The first-order chi connectivity index (χ1) is 15.6. The van der Waals surface area contributed by atoms with Gasteiger partial charge in [-0.2, -0.15) is 0 Å². The summed E-state index contributed by atoms with van der Waals surface area (Å²) >= 11 is 0. The zero-order valence-electron chi connectivity index (χ0n) is 19.5. The molecule has 0 atom stereocenters. The van der Waals surface area contributed by atoms with E-state index in [0.717, 1.165) is 12.8 Å². The Bertz CT molecular complexity index is 932. The molecule has 32 heavy (non-hydrogen) atoms. The fourth-order valence-corrected chi connectivity index (χ4v) is 3.72. The lowest BCUT2D eigenvalue weighted by Gasteiger charge is -2.14. The molecule has 1 N–H and O–H groups in total. The van der Waals surface area contributed by atoms with Crippen LogP contribution in [-0.2, 0) is 4.74 Å². The number of benzene rings is 1. The second kappa shape index (κ2) is 12.5. The highest BCUT2D eigenvalue weighted by molar-refractivity contribution is 5.94. The fourth-order valence-electron chi connectivity index (χ4n) is 3.72. The molecule has 1 aromatic carbocycles. The SMILES string of the molecule is CCCCCCCCCCOc1cc2[nH]cc(C(=O)OCC)c(=O)c2cc1OCC1CC1. The van der Waals surface area contributed by atoms with Gasteiger partial charge in [-0.3, -0.25) is 4.79 Å². The van der Waals surface area contributed by atoms with Crippen molar-refractivity contribution in [1.82, 2.24) is 4.98 Å². The van der Waals surface area contributed by atoms with Gasteiger partial charge in [-0.1, -0.05) is 51.9 Å². The number of fused-ring (bicyclic) bond motifs is 1. The van der Waals surface area contributed by atoms with Crippen molar-refractivity contribution in [2.24, 2.45) is 5.92 Å². The summed E-state index contributed by atoms with van der Waals surface area (Å²) in [6.45, 7) is 5.41. The lowest BCUT2D eigenvalue weighted by atomic mass is 10.1. The Morgan fingerprint density at radius 3 is 2.34 bits per heavy atom. The van der Waals surface area contributed by atoms with Crippen LogP contribution in [0.15, 0.2) is 23.1 Å². The highest BCUT2D eigenvalue weighted by Crippen LogP contribution is 2.35. The van der Waals surface area contributed by atoms with Gasteiger partial charge in [0, 0.05) is 12.3 Å². The number of ether oxygens (including phenoxy) is 3. The van der Waals surface area contributed by atoms with Crippen molar-refractivity contribution < 1.29 is 19.0 Å². The summed E-state index contributed by atoms with van der Waals surface area (Å²) < 4.78 is 17.1. The van der Waals surface area contributed by atoms with Crippen LogP contribution in [0.25, 0.3) is 10.9 Å². The molecule has 1 fully saturated rings. The minimum absolute atomic E-state index is 0.0000907. The van der Waals surface area contributed by atoms with Crippen LogP contribution in [0.2, 0.25) is 0 Å². The maximum Gasteiger partial charge on any atom is 0.343 e. The van der Waals surface area contributed by atoms with Crippen molar-refractivity contribution in [2.75, 3.05) is 19.8 Å². The molecule has 0 saturated heterocycles. The molecule has 1 aliphatic rings. The standard InChI is InChI=1S/C26H37NO5/c1-3-5-6-7-8-9-10-11-14-31-24-16-22-20(15-23(24)32-18-19-12-13-19)25(28)21(17-27-22)26(29)30-4-2/h15-17,19H,3-14,18H2,1-2H3,(H,27,28). The molecule has 1 aliphatic carbocycles. The van der Waals surface area contributed by atoms with Crippen LogP contribution in [0, 0.1) is 5.92 Å². The van der Waals surface area contributed by atoms with Crippen molar-refractivity contribution in [3.63, 3.8) is 0 Å². The van der Waals surface area contributed by atoms with E-state index in [9.17, 15) is 9.59 Å². The number of carbonyl (C=O) groups excluding carboxylic acids is 1. The Morgan fingerprint density at radius 2 is 1.66 bits per heavy atom. The molecule has 2 aromatic rings.